The van der Waals surface area contributed by atoms with Crippen LogP contribution in [0.2, 0.25) is 0 Å². The number of allylic oxidation sites excluding steroid dienone is 8. The van der Waals surface area contributed by atoms with E-state index in [0.717, 1.165) is 19.3 Å². The maximum absolute atomic E-state index is 2.35. The van der Waals surface area contributed by atoms with E-state index in [-0.39, 0.29) is 0 Å². The first-order chi connectivity index (χ1) is 6.27. The molecule has 0 saturated carbocycles. The summed E-state index contributed by atoms with van der Waals surface area (Å²) in [5.74, 6) is 0. The molecule has 2 aliphatic carbocycles. The lowest BCUT2D eigenvalue weighted by atomic mass is 9.99. The fraction of sp³-hybridized carbons (Fsp3) is 0.385. The summed E-state index contributed by atoms with van der Waals surface area (Å²) >= 11 is 0. The smallest absolute Gasteiger partial charge is 0.00268 e. The molecule has 0 aromatic heterocycles. The van der Waals surface area contributed by atoms with E-state index in [9.17, 15) is 0 Å². The van der Waals surface area contributed by atoms with Crippen LogP contribution in [0.25, 0.3) is 0 Å². The molecule has 0 bridgehead atoms. The van der Waals surface area contributed by atoms with Crippen LogP contribution in [0.4, 0.5) is 0 Å². The molecule has 0 spiro atoms. The minimum atomic E-state index is 1.14. The van der Waals surface area contributed by atoms with Crippen molar-refractivity contribution < 1.29 is 0 Å². The topological polar surface area (TPSA) is 0 Å². The van der Waals surface area contributed by atoms with Crippen LogP contribution >= 0.6 is 0 Å². The van der Waals surface area contributed by atoms with Gasteiger partial charge in [-0.2, -0.15) is 0 Å². The highest BCUT2D eigenvalue weighted by molar-refractivity contribution is 5.45. The number of hydrogen-bond acceptors (Lipinski definition) is 0. The van der Waals surface area contributed by atoms with Crippen LogP contribution in [0, 0.1) is 0 Å². The van der Waals surface area contributed by atoms with Gasteiger partial charge in [0.2, 0.25) is 0 Å². The van der Waals surface area contributed by atoms with Gasteiger partial charge in [0.05, 0.1) is 0 Å². The summed E-state index contributed by atoms with van der Waals surface area (Å²) in [6.45, 7) is 4.43. The molecule has 0 unspecified atom stereocenters. The molecule has 13 heavy (non-hydrogen) atoms. The molecule has 2 aliphatic rings. The van der Waals surface area contributed by atoms with Gasteiger partial charge in [0, 0.05) is 0 Å². The quantitative estimate of drug-likeness (QED) is 0.592. The van der Waals surface area contributed by atoms with Gasteiger partial charge >= 0.3 is 0 Å². The van der Waals surface area contributed by atoms with E-state index in [2.05, 4.69) is 38.2 Å². The molecule has 0 aliphatic heterocycles. The van der Waals surface area contributed by atoms with Crippen LogP contribution in [-0.2, 0) is 0 Å². The molecule has 68 valence electrons. The van der Waals surface area contributed by atoms with Crippen molar-refractivity contribution in [2.45, 2.75) is 33.1 Å². The first-order valence-electron chi connectivity index (χ1n) is 4.99. The van der Waals surface area contributed by atoms with Crippen molar-refractivity contribution in [3.63, 3.8) is 0 Å². The molecule has 0 radical (unpaired) electrons. The first kappa shape index (κ1) is 8.55. The third kappa shape index (κ3) is 1.67. The average molecular weight is 172 g/mol. The maximum Gasteiger partial charge on any atom is -0.00268 e. The van der Waals surface area contributed by atoms with Crippen LogP contribution in [0.5, 0.6) is 0 Å². The normalized spacial score (nSPS) is 21.1. The maximum atomic E-state index is 2.35. The zero-order valence-corrected chi connectivity index (χ0v) is 8.43. The lowest BCUT2D eigenvalue weighted by Crippen LogP contribution is -1.87. The van der Waals surface area contributed by atoms with E-state index < -0.39 is 0 Å². The summed E-state index contributed by atoms with van der Waals surface area (Å²) in [6.07, 6.45) is 12.7. The van der Waals surface area contributed by atoms with Crippen molar-refractivity contribution in [3.05, 3.63) is 46.6 Å². The lowest BCUT2D eigenvalue weighted by molar-refractivity contribution is 1.13. The molecule has 0 fully saturated rings. The Kier molecular flexibility index (Phi) is 2.22. The predicted molar refractivity (Wildman–Crippen MR) is 57.5 cm³/mol. The fourth-order valence-electron chi connectivity index (χ4n) is 1.97. The Bertz CT molecular complexity index is 301. The van der Waals surface area contributed by atoms with Crippen molar-refractivity contribution in [2.24, 2.45) is 0 Å². The zero-order chi connectivity index (χ0) is 9.26. The van der Waals surface area contributed by atoms with Crippen molar-refractivity contribution in [1.29, 1.82) is 0 Å². The number of rotatable bonds is 2. The summed E-state index contributed by atoms with van der Waals surface area (Å²) in [7, 11) is 0. The van der Waals surface area contributed by atoms with Gasteiger partial charge in [-0.05, 0) is 44.3 Å². The van der Waals surface area contributed by atoms with Gasteiger partial charge in [-0.15, -0.1) is 0 Å². The summed E-state index contributed by atoms with van der Waals surface area (Å²) in [6, 6.07) is 0. The van der Waals surface area contributed by atoms with Gasteiger partial charge in [-0.25, -0.2) is 0 Å². The molecule has 0 amide bonds. The molecular formula is C13H16. The van der Waals surface area contributed by atoms with Crippen molar-refractivity contribution >= 4 is 0 Å². The largest absolute Gasteiger partial charge is 0.0775 e. The monoisotopic (exact) mass is 172 g/mol. The molecule has 0 aromatic rings. The summed E-state index contributed by atoms with van der Waals surface area (Å²) < 4.78 is 0. The molecule has 0 saturated heterocycles. The minimum Gasteiger partial charge on any atom is -0.0775 e. The molecule has 0 aromatic carbocycles. The van der Waals surface area contributed by atoms with E-state index in [1.807, 2.05) is 0 Å². The predicted octanol–water partition coefficient (Wildman–Crippen LogP) is 3.93. The van der Waals surface area contributed by atoms with Gasteiger partial charge in [0.15, 0.2) is 0 Å². The summed E-state index contributed by atoms with van der Waals surface area (Å²) in [4.78, 5) is 0. The second kappa shape index (κ2) is 3.37. The fourth-order valence-corrected chi connectivity index (χ4v) is 1.97. The zero-order valence-electron chi connectivity index (χ0n) is 8.43. The first-order valence-corrected chi connectivity index (χ1v) is 4.99. The number of hydrogen-bond donors (Lipinski definition) is 0. The highest BCUT2D eigenvalue weighted by atomic mass is 14.2. The summed E-state index contributed by atoms with van der Waals surface area (Å²) in [5.41, 5.74) is 6.00. The Balaban J connectivity index is 2.07. The van der Waals surface area contributed by atoms with Crippen LogP contribution < -0.4 is 0 Å². The molecule has 0 atom stereocenters. The second-order valence-electron chi connectivity index (χ2n) is 3.88. The standard InChI is InChI=1S/C13H16/c1-10-5-3-7-12(10)9-13-8-4-6-11(13)2/h5-8H,3-4,9H2,1-2H3. The third-order valence-electron chi connectivity index (χ3n) is 2.97. The SMILES string of the molecule is CC1=CCC=C1CC1=CCC=C1C. The Labute approximate surface area is 80.3 Å². The Morgan fingerprint density at radius 3 is 1.62 bits per heavy atom. The molecule has 0 heterocycles. The van der Waals surface area contributed by atoms with Gasteiger partial charge in [-0.3, -0.25) is 0 Å². The highest BCUT2D eigenvalue weighted by Gasteiger charge is 2.11. The Hall–Kier alpha value is -1.04. The van der Waals surface area contributed by atoms with Gasteiger partial charge in [-0.1, -0.05) is 35.5 Å². The minimum absolute atomic E-state index is 1.14. The van der Waals surface area contributed by atoms with E-state index in [0.29, 0.717) is 0 Å². The van der Waals surface area contributed by atoms with Gasteiger partial charge in [0.25, 0.3) is 0 Å². The van der Waals surface area contributed by atoms with E-state index in [1.54, 1.807) is 0 Å². The molecular weight excluding hydrogens is 156 g/mol. The highest BCUT2D eigenvalue weighted by Crippen LogP contribution is 2.30. The van der Waals surface area contributed by atoms with E-state index in [4.69, 9.17) is 0 Å². The van der Waals surface area contributed by atoms with Crippen LogP contribution in [-0.4, -0.2) is 0 Å². The second-order valence-corrected chi connectivity index (χ2v) is 3.88. The van der Waals surface area contributed by atoms with Crippen LogP contribution in [0.1, 0.15) is 33.1 Å². The Morgan fingerprint density at radius 2 is 1.31 bits per heavy atom. The molecule has 0 heteroatoms. The van der Waals surface area contributed by atoms with Crippen molar-refractivity contribution in [1.82, 2.24) is 0 Å². The lowest BCUT2D eigenvalue weighted by Gasteiger charge is -2.06. The van der Waals surface area contributed by atoms with E-state index in [1.165, 1.54) is 22.3 Å². The van der Waals surface area contributed by atoms with Crippen LogP contribution in [0.3, 0.4) is 0 Å². The molecule has 0 N–H and O–H groups in total. The molecule has 2 rings (SSSR count). The molecule has 0 nitrogen and oxygen atoms in total. The third-order valence-corrected chi connectivity index (χ3v) is 2.97. The van der Waals surface area contributed by atoms with Crippen molar-refractivity contribution in [3.8, 4) is 0 Å². The van der Waals surface area contributed by atoms with Gasteiger partial charge in [0.1, 0.15) is 0 Å². The van der Waals surface area contributed by atoms with Crippen molar-refractivity contribution in [2.75, 3.05) is 0 Å². The van der Waals surface area contributed by atoms with E-state index >= 15 is 0 Å². The average Bonchev–Trinajstić information content (AvgIpc) is 2.65. The van der Waals surface area contributed by atoms with Crippen LogP contribution in [0.15, 0.2) is 46.6 Å². The summed E-state index contributed by atoms with van der Waals surface area (Å²) in [5, 5.41) is 0. The Morgan fingerprint density at radius 1 is 0.846 bits per heavy atom. The van der Waals surface area contributed by atoms with Gasteiger partial charge < -0.3 is 0 Å².